The van der Waals surface area contributed by atoms with Crippen molar-refractivity contribution in [1.29, 1.82) is 0 Å². The van der Waals surface area contributed by atoms with Gasteiger partial charge >= 0.3 is 0 Å². The SMILES string of the molecule is O=C1CCC(N2Cc3ccc(NS(=O)(=O)c4cccnc4)cc3C2=O)C(=O)N1. The number of amides is 3. The number of aromatic nitrogens is 1. The number of rotatable bonds is 4. The van der Waals surface area contributed by atoms with Gasteiger partial charge in [0.25, 0.3) is 15.9 Å². The van der Waals surface area contributed by atoms with Crippen LogP contribution in [0, 0.1) is 0 Å². The lowest BCUT2D eigenvalue weighted by Crippen LogP contribution is -2.52. The number of sulfonamides is 1. The van der Waals surface area contributed by atoms with Crippen molar-refractivity contribution in [2.75, 3.05) is 4.72 Å². The van der Waals surface area contributed by atoms with Gasteiger partial charge < -0.3 is 4.90 Å². The van der Waals surface area contributed by atoms with Crippen LogP contribution in [0.3, 0.4) is 0 Å². The maximum Gasteiger partial charge on any atom is 0.263 e. The average molecular weight is 400 g/mol. The molecule has 0 aliphatic carbocycles. The molecule has 10 heteroatoms. The number of benzene rings is 1. The van der Waals surface area contributed by atoms with Crippen LogP contribution >= 0.6 is 0 Å². The van der Waals surface area contributed by atoms with Crippen LogP contribution in [0.2, 0.25) is 0 Å². The molecular formula is C18H16N4O5S. The fourth-order valence-electron chi connectivity index (χ4n) is 3.34. The van der Waals surface area contributed by atoms with E-state index in [1.165, 1.54) is 35.5 Å². The predicted octanol–water partition coefficient (Wildman–Crippen LogP) is 0.643. The van der Waals surface area contributed by atoms with Crippen molar-refractivity contribution < 1.29 is 22.8 Å². The zero-order chi connectivity index (χ0) is 19.9. The lowest BCUT2D eigenvalue weighted by atomic mass is 10.0. The molecule has 1 aromatic heterocycles. The number of piperidine rings is 1. The number of nitrogens with one attached hydrogen (secondary N) is 2. The lowest BCUT2D eigenvalue weighted by Gasteiger charge is -2.29. The maximum atomic E-state index is 12.8. The van der Waals surface area contributed by atoms with E-state index in [9.17, 15) is 22.8 Å². The smallest absolute Gasteiger partial charge is 0.263 e. The third-order valence-electron chi connectivity index (χ3n) is 4.73. The van der Waals surface area contributed by atoms with Crippen LogP contribution in [0.4, 0.5) is 5.69 Å². The van der Waals surface area contributed by atoms with Gasteiger partial charge in [0.15, 0.2) is 0 Å². The first kappa shape index (κ1) is 18.1. The quantitative estimate of drug-likeness (QED) is 0.726. The highest BCUT2D eigenvalue weighted by Gasteiger charge is 2.39. The summed E-state index contributed by atoms with van der Waals surface area (Å²) in [7, 11) is -3.84. The lowest BCUT2D eigenvalue weighted by molar-refractivity contribution is -0.136. The van der Waals surface area contributed by atoms with Gasteiger partial charge in [-0.25, -0.2) is 8.42 Å². The molecule has 2 aliphatic heterocycles. The predicted molar refractivity (Wildman–Crippen MR) is 97.5 cm³/mol. The maximum absolute atomic E-state index is 12.8. The third kappa shape index (κ3) is 3.22. The molecule has 0 bridgehead atoms. The van der Waals surface area contributed by atoms with Gasteiger partial charge in [-0.3, -0.25) is 29.4 Å². The highest BCUT2D eigenvalue weighted by atomic mass is 32.2. The van der Waals surface area contributed by atoms with Crippen LogP contribution < -0.4 is 10.0 Å². The van der Waals surface area contributed by atoms with Gasteiger partial charge in [0.1, 0.15) is 10.9 Å². The third-order valence-corrected chi connectivity index (χ3v) is 6.09. The highest BCUT2D eigenvalue weighted by Crippen LogP contribution is 2.30. The minimum Gasteiger partial charge on any atom is -0.322 e. The summed E-state index contributed by atoms with van der Waals surface area (Å²) in [6, 6.07) is 6.89. The van der Waals surface area contributed by atoms with Gasteiger partial charge in [-0.05, 0) is 36.2 Å². The summed E-state index contributed by atoms with van der Waals surface area (Å²) in [5.41, 5.74) is 1.26. The molecule has 1 atom stereocenters. The number of imide groups is 1. The largest absolute Gasteiger partial charge is 0.322 e. The van der Waals surface area contributed by atoms with E-state index < -0.39 is 22.0 Å². The van der Waals surface area contributed by atoms with Crippen molar-refractivity contribution in [3.05, 3.63) is 53.9 Å². The molecule has 3 amide bonds. The van der Waals surface area contributed by atoms with Crippen molar-refractivity contribution in [3.63, 3.8) is 0 Å². The summed E-state index contributed by atoms with van der Waals surface area (Å²) in [5, 5.41) is 2.24. The number of anilines is 1. The van der Waals surface area contributed by atoms with E-state index >= 15 is 0 Å². The molecule has 9 nitrogen and oxygen atoms in total. The van der Waals surface area contributed by atoms with E-state index in [1.54, 1.807) is 12.1 Å². The first-order valence-corrected chi connectivity index (χ1v) is 10.0. The Bertz CT molecular complexity index is 1080. The van der Waals surface area contributed by atoms with Crippen molar-refractivity contribution >= 4 is 33.4 Å². The molecular weight excluding hydrogens is 384 g/mol. The summed E-state index contributed by atoms with van der Waals surface area (Å²) in [6.07, 6.45) is 3.14. The Labute approximate surface area is 160 Å². The van der Waals surface area contributed by atoms with E-state index in [1.807, 2.05) is 0 Å². The van der Waals surface area contributed by atoms with Crippen LogP contribution in [0.5, 0.6) is 0 Å². The van der Waals surface area contributed by atoms with E-state index in [0.717, 1.165) is 0 Å². The second-order valence-electron chi connectivity index (χ2n) is 6.57. The molecule has 1 aromatic carbocycles. The molecule has 2 N–H and O–H groups in total. The number of hydrogen-bond donors (Lipinski definition) is 2. The molecule has 144 valence electrons. The molecule has 3 heterocycles. The van der Waals surface area contributed by atoms with Gasteiger partial charge in [-0.15, -0.1) is 0 Å². The number of pyridine rings is 1. The van der Waals surface area contributed by atoms with Crippen molar-refractivity contribution in [2.45, 2.75) is 30.3 Å². The van der Waals surface area contributed by atoms with Gasteiger partial charge in [0, 0.05) is 36.6 Å². The number of hydrogen-bond acceptors (Lipinski definition) is 6. The van der Waals surface area contributed by atoms with E-state index in [0.29, 0.717) is 11.1 Å². The van der Waals surface area contributed by atoms with Crippen molar-refractivity contribution in [3.8, 4) is 0 Å². The number of nitrogens with zero attached hydrogens (tertiary/aromatic N) is 2. The molecule has 0 radical (unpaired) electrons. The second kappa shape index (κ2) is 6.71. The summed E-state index contributed by atoms with van der Waals surface area (Å²) in [6.45, 7) is 0.232. The number of carbonyl (C=O) groups is 3. The Hall–Kier alpha value is -3.27. The zero-order valence-electron chi connectivity index (χ0n) is 14.6. The Balaban J connectivity index is 1.57. The second-order valence-corrected chi connectivity index (χ2v) is 8.25. The Kier molecular flexibility index (Phi) is 4.34. The number of carbonyl (C=O) groups excluding carboxylic acids is 3. The molecule has 1 unspecified atom stereocenters. The Morgan fingerprint density at radius 1 is 1.18 bits per heavy atom. The van der Waals surface area contributed by atoms with Crippen LogP contribution in [-0.4, -0.2) is 42.1 Å². The summed E-state index contributed by atoms with van der Waals surface area (Å²) < 4.78 is 27.3. The topological polar surface area (TPSA) is 126 Å². The first-order chi connectivity index (χ1) is 13.3. The fraction of sp³-hybridized carbons (Fsp3) is 0.222. The molecule has 4 rings (SSSR count). The van der Waals surface area contributed by atoms with Gasteiger partial charge in [0.05, 0.1) is 0 Å². The molecule has 1 fully saturated rings. The summed E-state index contributed by atoms with van der Waals surface area (Å²) >= 11 is 0. The zero-order valence-corrected chi connectivity index (χ0v) is 15.4. The molecule has 0 saturated carbocycles. The van der Waals surface area contributed by atoms with Gasteiger partial charge in [0.2, 0.25) is 11.8 Å². The van der Waals surface area contributed by atoms with Gasteiger partial charge in [-0.1, -0.05) is 6.07 Å². The van der Waals surface area contributed by atoms with E-state index in [-0.39, 0.29) is 41.8 Å². The Morgan fingerprint density at radius 3 is 2.71 bits per heavy atom. The standard InChI is InChI=1S/C18H16N4O5S/c23-16-6-5-15(17(24)20-16)22-10-11-3-4-12(8-14(11)18(22)25)21-28(26,27)13-2-1-7-19-9-13/h1-4,7-9,15,21H,5-6,10H2,(H,20,23,24). The van der Waals surface area contributed by atoms with E-state index in [2.05, 4.69) is 15.0 Å². The average Bonchev–Trinajstić information content (AvgIpc) is 2.98. The monoisotopic (exact) mass is 400 g/mol. The minimum atomic E-state index is -3.84. The number of fused-ring (bicyclic) bond motifs is 1. The van der Waals surface area contributed by atoms with Crippen LogP contribution in [-0.2, 0) is 26.2 Å². The molecule has 2 aromatic rings. The molecule has 0 spiro atoms. The highest BCUT2D eigenvalue weighted by molar-refractivity contribution is 7.92. The summed E-state index contributed by atoms with van der Waals surface area (Å²) in [5.74, 6) is -1.21. The fourth-order valence-corrected chi connectivity index (χ4v) is 4.35. The molecule has 28 heavy (non-hydrogen) atoms. The van der Waals surface area contributed by atoms with E-state index in [4.69, 9.17) is 0 Å². The normalized spacial score (nSPS) is 19.4. The summed E-state index contributed by atoms with van der Waals surface area (Å²) in [4.78, 5) is 41.4. The first-order valence-electron chi connectivity index (χ1n) is 8.55. The Morgan fingerprint density at radius 2 is 2.00 bits per heavy atom. The van der Waals surface area contributed by atoms with Gasteiger partial charge in [-0.2, -0.15) is 0 Å². The minimum absolute atomic E-state index is 0.00648. The molecule has 2 aliphatic rings. The van der Waals surface area contributed by atoms with Crippen molar-refractivity contribution in [2.24, 2.45) is 0 Å². The van der Waals surface area contributed by atoms with Crippen LogP contribution in [0.25, 0.3) is 0 Å². The van der Waals surface area contributed by atoms with Crippen LogP contribution in [0.1, 0.15) is 28.8 Å². The van der Waals surface area contributed by atoms with Crippen LogP contribution in [0.15, 0.2) is 47.6 Å². The molecule has 1 saturated heterocycles. The van der Waals surface area contributed by atoms with Crippen molar-refractivity contribution in [1.82, 2.24) is 15.2 Å².